The van der Waals surface area contributed by atoms with E-state index >= 15 is 0 Å². The molecule has 1 unspecified atom stereocenters. The Labute approximate surface area is 128 Å². The van der Waals surface area contributed by atoms with E-state index in [0.29, 0.717) is 17.9 Å². The Bertz CT molecular complexity index is 626. The zero-order chi connectivity index (χ0) is 15.9. The predicted octanol–water partition coefficient (Wildman–Crippen LogP) is 2.52. The van der Waals surface area contributed by atoms with Gasteiger partial charge in [-0.25, -0.2) is 4.39 Å². The minimum atomic E-state index is -0.596. The summed E-state index contributed by atoms with van der Waals surface area (Å²) in [6.07, 6.45) is -0.596. The van der Waals surface area contributed by atoms with Crippen LogP contribution in [-0.2, 0) is 6.61 Å². The van der Waals surface area contributed by atoms with Gasteiger partial charge in [0.2, 0.25) is 0 Å². The van der Waals surface area contributed by atoms with Gasteiger partial charge in [0.1, 0.15) is 18.2 Å². The number of aliphatic hydroxyl groups is 1. The molecule has 0 aliphatic rings. The second kappa shape index (κ2) is 7.56. The topological polar surface area (TPSA) is 58.6 Å². The van der Waals surface area contributed by atoms with Gasteiger partial charge in [0, 0.05) is 12.1 Å². The molecule has 0 saturated carbocycles. The molecule has 0 spiro atoms. The van der Waals surface area contributed by atoms with Gasteiger partial charge in [-0.1, -0.05) is 18.2 Å². The van der Waals surface area contributed by atoms with E-state index in [9.17, 15) is 9.18 Å². The molecule has 4 nitrogen and oxygen atoms in total. The summed E-state index contributed by atoms with van der Waals surface area (Å²) in [6, 6.07) is 12.8. The molecule has 0 aliphatic carbocycles. The smallest absolute Gasteiger partial charge is 0.251 e. The fourth-order valence-corrected chi connectivity index (χ4v) is 1.82. The number of amides is 1. The van der Waals surface area contributed by atoms with Crippen LogP contribution < -0.4 is 10.1 Å². The van der Waals surface area contributed by atoms with Gasteiger partial charge in [0.05, 0.1) is 6.10 Å². The number of carbonyl (C=O) groups excluding carboxylic acids is 1. The Morgan fingerprint density at radius 2 is 2.00 bits per heavy atom. The van der Waals surface area contributed by atoms with Gasteiger partial charge in [-0.2, -0.15) is 0 Å². The van der Waals surface area contributed by atoms with Crippen molar-refractivity contribution in [2.24, 2.45) is 0 Å². The Morgan fingerprint density at radius 3 is 2.68 bits per heavy atom. The summed E-state index contributed by atoms with van der Waals surface area (Å²) < 4.78 is 18.4. The van der Waals surface area contributed by atoms with Crippen molar-refractivity contribution in [1.29, 1.82) is 0 Å². The lowest BCUT2D eigenvalue weighted by Crippen LogP contribution is -2.30. The molecule has 2 N–H and O–H groups in total. The summed E-state index contributed by atoms with van der Waals surface area (Å²) in [6.45, 7) is 2.08. The second-order valence-electron chi connectivity index (χ2n) is 5.00. The largest absolute Gasteiger partial charge is 0.489 e. The molecule has 0 aromatic heterocycles. The molecule has 1 amide bonds. The van der Waals surface area contributed by atoms with Crippen LogP contribution in [0.3, 0.4) is 0 Å². The maximum Gasteiger partial charge on any atom is 0.251 e. The van der Waals surface area contributed by atoms with Crippen LogP contribution >= 0.6 is 0 Å². The minimum Gasteiger partial charge on any atom is -0.489 e. The molecule has 116 valence electrons. The quantitative estimate of drug-likeness (QED) is 0.862. The summed E-state index contributed by atoms with van der Waals surface area (Å²) >= 11 is 0. The van der Waals surface area contributed by atoms with Crippen molar-refractivity contribution < 1.29 is 19.0 Å². The molecular weight excluding hydrogens is 285 g/mol. The third-order valence-electron chi connectivity index (χ3n) is 2.97. The molecule has 0 fully saturated rings. The van der Waals surface area contributed by atoms with Crippen molar-refractivity contribution in [3.63, 3.8) is 0 Å². The highest BCUT2D eigenvalue weighted by atomic mass is 19.1. The van der Waals surface area contributed by atoms with Gasteiger partial charge in [-0.15, -0.1) is 0 Å². The first-order valence-electron chi connectivity index (χ1n) is 6.98. The first kappa shape index (κ1) is 16.0. The average molecular weight is 303 g/mol. The molecular formula is C17H18FNO3. The van der Waals surface area contributed by atoms with E-state index in [4.69, 9.17) is 9.84 Å². The van der Waals surface area contributed by atoms with Crippen LogP contribution in [0.1, 0.15) is 22.8 Å². The molecule has 1 atom stereocenters. The third kappa shape index (κ3) is 4.86. The summed E-state index contributed by atoms with van der Waals surface area (Å²) in [5, 5.41) is 11.8. The molecule has 2 aromatic rings. The average Bonchev–Trinajstić information content (AvgIpc) is 2.52. The zero-order valence-electron chi connectivity index (χ0n) is 12.3. The van der Waals surface area contributed by atoms with Crippen LogP contribution in [0.2, 0.25) is 0 Å². The third-order valence-corrected chi connectivity index (χ3v) is 2.97. The molecule has 0 bridgehead atoms. The maximum atomic E-state index is 12.8. The molecule has 0 saturated heterocycles. The highest BCUT2D eigenvalue weighted by Gasteiger charge is 2.07. The number of rotatable bonds is 6. The Kier molecular flexibility index (Phi) is 5.49. The summed E-state index contributed by atoms with van der Waals surface area (Å²) in [4.78, 5) is 11.9. The molecule has 5 heteroatoms. The highest BCUT2D eigenvalue weighted by Crippen LogP contribution is 2.15. The van der Waals surface area contributed by atoms with Crippen molar-refractivity contribution in [3.05, 3.63) is 65.5 Å². The van der Waals surface area contributed by atoms with Crippen LogP contribution in [-0.4, -0.2) is 23.7 Å². The Balaban J connectivity index is 1.96. The van der Waals surface area contributed by atoms with Gasteiger partial charge < -0.3 is 15.2 Å². The number of hydrogen-bond donors (Lipinski definition) is 2. The minimum absolute atomic E-state index is 0.194. The van der Waals surface area contributed by atoms with Crippen molar-refractivity contribution >= 4 is 5.91 Å². The lowest BCUT2D eigenvalue weighted by molar-refractivity contribution is 0.0923. The van der Waals surface area contributed by atoms with Crippen molar-refractivity contribution in [2.45, 2.75) is 19.6 Å². The summed E-state index contributed by atoms with van der Waals surface area (Å²) in [5.41, 5.74) is 1.29. The SMILES string of the molecule is CC(O)CNC(=O)c1cccc(OCc2ccc(F)cc2)c1. The van der Waals surface area contributed by atoms with E-state index in [0.717, 1.165) is 5.56 Å². The molecule has 22 heavy (non-hydrogen) atoms. The molecule has 0 heterocycles. The summed E-state index contributed by atoms with van der Waals surface area (Å²) in [5.74, 6) is -0.0114. The summed E-state index contributed by atoms with van der Waals surface area (Å²) in [7, 11) is 0. The predicted molar refractivity (Wildman–Crippen MR) is 81.2 cm³/mol. The fourth-order valence-electron chi connectivity index (χ4n) is 1.82. The van der Waals surface area contributed by atoms with Crippen LogP contribution in [0.5, 0.6) is 5.75 Å². The molecule has 2 rings (SSSR count). The zero-order valence-corrected chi connectivity index (χ0v) is 12.3. The van der Waals surface area contributed by atoms with Crippen molar-refractivity contribution in [3.8, 4) is 5.75 Å². The highest BCUT2D eigenvalue weighted by molar-refractivity contribution is 5.94. The number of benzene rings is 2. The van der Waals surface area contributed by atoms with E-state index in [-0.39, 0.29) is 18.3 Å². The van der Waals surface area contributed by atoms with Crippen LogP contribution in [0, 0.1) is 5.82 Å². The van der Waals surface area contributed by atoms with Gasteiger partial charge >= 0.3 is 0 Å². The number of hydrogen-bond acceptors (Lipinski definition) is 3. The van der Waals surface area contributed by atoms with E-state index in [1.807, 2.05) is 0 Å². The van der Waals surface area contributed by atoms with Crippen LogP contribution in [0.15, 0.2) is 48.5 Å². The number of carbonyl (C=O) groups is 1. The molecule has 0 radical (unpaired) electrons. The number of aliphatic hydroxyl groups excluding tert-OH is 1. The van der Waals surface area contributed by atoms with Crippen LogP contribution in [0.25, 0.3) is 0 Å². The van der Waals surface area contributed by atoms with Gasteiger partial charge in [0.15, 0.2) is 0 Å². The Morgan fingerprint density at radius 1 is 1.27 bits per heavy atom. The molecule has 0 aliphatic heterocycles. The van der Waals surface area contributed by atoms with E-state index in [2.05, 4.69) is 5.32 Å². The lowest BCUT2D eigenvalue weighted by Gasteiger charge is -2.10. The van der Waals surface area contributed by atoms with Crippen molar-refractivity contribution in [2.75, 3.05) is 6.54 Å². The Hall–Kier alpha value is -2.40. The van der Waals surface area contributed by atoms with E-state index < -0.39 is 6.10 Å². The fraction of sp³-hybridized carbons (Fsp3) is 0.235. The van der Waals surface area contributed by atoms with E-state index in [1.165, 1.54) is 12.1 Å². The van der Waals surface area contributed by atoms with Crippen molar-refractivity contribution in [1.82, 2.24) is 5.32 Å². The molecule has 2 aromatic carbocycles. The normalized spacial score (nSPS) is 11.8. The number of halogens is 1. The van der Waals surface area contributed by atoms with Gasteiger partial charge in [-0.3, -0.25) is 4.79 Å². The maximum absolute atomic E-state index is 12.8. The number of nitrogens with one attached hydrogen (secondary N) is 1. The monoisotopic (exact) mass is 303 g/mol. The standard InChI is InChI=1S/C17H18FNO3/c1-12(20)10-19-17(21)14-3-2-4-16(9-14)22-11-13-5-7-15(18)8-6-13/h2-9,12,20H,10-11H2,1H3,(H,19,21). The lowest BCUT2D eigenvalue weighted by atomic mass is 10.2. The van der Waals surface area contributed by atoms with E-state index in [1.54, 1.807) is 43.3 Å². The second-order valence-corrected chi connectivity index (χ2v) is 5.00. The number of ether oxygens (including phenoxy) is 1. The van der Waals surface area contributed by atoms with Gasteiger partial charge in [0.25, 0.3) is 5.91 Å². The van der Waals surface area contributed by atoms with Crippen LogP contribution in [0.4, 0.5) is 4.39 Å². The van der Waals surface area contributed by atoms with Gasteiger partial charge in [-0.05, 0) is 42.8 Å². The first-order chi connectivity index (χ1) is 10.5. The first-order valence-corrected chi connectivity index (χ1v) is 6.98.